The van der Waals surface area contributed by atoms with E-state index in [2.05, 4.69) is 13.8 Å². The van der Waals surface area contributed by atoms with Crippen molar-refractivity contribution in [3.63, 3.8) is 0 Å². The van der Waals surface area contributed by atoms with Crippen molar-refractivity contribution in [2.45, 2.75) is 41.7 Å². The summed E-state index contributed by atoms with van der Waals surface area (Å²) in [6.07, 6.45) is 2.30. The molecule has 1 unspecified atom stereocenters. The zero-order valence-corrected chi connectivity index (χ0v) is 10.6. The molecule has 0 fully saturated rings. The molecule has 1 aromatic carbocycles. The van der Waals surface area contributed by atoms with E-state index in [1.807, 2.05) is 23.9 Å². The Hall–Kier alpha value is -0.320. The summed E-state index contributed by atoms with van der Waals surface area (Å²) >= 11 is -0.0342. The van der Waals surface area contributed by atoms with Gasteiger partial charge in [-0.1, -0.05) is 13.8 Å². The van der Waals surface area contributed by atoms with Crippen LogP contribution in [0.15, 0.2) is 34.1 Å². The van der Waals surface area contributed by atoms with Crippen LogP contribution in [-0.2, 0) is 11.1 Å². The van der Waals surface area contributed by atoms with Gasteiger partial charge in [-0.3, -0.25) is 0 Å². The van der Waals surface area contributed by atoms with Crippen molar-refractivity contribution in [2.24, 2.45) is 0 Å². The average molecular weight is 244 g/mol. The molecule has 1 N–H and O–H groups in total. The maximum Gasteiger partial charge on any atom is 0.186 e. The summed E-state index contributed by atoms with van der Waals surface area (Å²) in [4.78, 5) is 1.63. The van der Waals surface area contributed by atoms with E-state index in [9.17, 15) is 4.21 Å². The van der Waals surface area contributed by atoms with Gasteiger partial charge in [-0.25, -0.2) is 4.21 Å². The van der Waals surface area contributed by atoms with Crippen molar-refractivity contribution in [3.05, 3.63) is 24.3 Å². The fraction of sp³-hybridized carbons (Fsp3) is 0.455. The van der Waals surface area contributed by atoms with Crippen LogP contribution in [0.2, 0.25) is 0 Å². The molecule has 1 rings (SSSR count). The summed E-state index contributed by atoms with van der Waals surface area (Å²) < 4.78 is 19.6. The molecule has 0 radical (unpaired) electrons. The van der Waals surface area contributed by atoms with Gasteiger partial charge < -0.3 is 4.55 Å². The lowest BCUT2D eigenvalue weighted by Crippen LogP contribution is -1.97. The van der Waals surface area contributed by atoms with Crippen LogP contribution in [0.1, 0.15) is 26.7 Å². The van der Waals surface area contributed by atoms with Gasteiger partial charge in [0.05, 0.1) is 4.90 Å². The zero-order chi connectivity index (χ0) is 11.3. The molecule has 0 aromatic heterocycles. The molecule has 1 atom stereocenters. The summed E-state index contributed by atoms with van der Waals surface area (Å²) in [6, 6.07) is 7.24. The molecule has 2 nitrogen and oxygen atoms in total. The van der Waals surface area contributed by atoms with Gasteiger partial charge in [-0.05, 0) is 37.1 Å². The Morgan fingerprint density at radius 2 is 1.80 bits per heavy atom. The van der Waals surface area contributed by atoms with Gasteiger partial charge in [-0.15, -0.1) is 11.8 Å². The molecule has 0 aliphatic carbocycles. The van der Waals surface area contributed by atoms with Gasteiger partial charge in [0.1, 0.15) is 0 Å². The van der Waals surface area contributed by atoms with E-state index in [0.717, 1.165) is 17.7 Å². The lowest BCUT2D eigenvalue weighted by atomic mass is 10.3. The Bertz CT molecular complexity index is 318. The summed E-state index contributed by atoms with van der Waals surface area (Å²) in [5, 5.41) is 0.635. The van der Waals surface area contributed by atoms with Crippen LogP contribution in [0.4, 0.5) is 0 Å². The van der Waals surface area contributed by atoms with E-state index in [1.165, 1.54) is 0 Å². The smallest absolute Gasteiger partial charge is 0.186 e. The monoisotopic (exact) mass is 244 g/mol. The second-order valence-corrected chi connectivity index (χ2v) is 5.62. The van der Waals surface area contributed by atoms with Crippen molar-refractivity contribution in [1.29, 1.82) is 0 Å². The quantitative estimate of drug-likeness (QED) is 0.636. The van der Waals surface area contributed by atoms with Gasteiger partial charge in [0.15, 0.2) is 11.1 Å². The number of thioether (sulfide) groups is 1. The highest BCUT2D eigenvalue weighted by Gasteiger charge is 2.06. The molecule has 0 spiro atoms. The van der Waals surface area contributed by atoms with E-state index in [0.29, 0.717) is 10.1 Å². The Kier molecular flexibility index (Phi) is 5.36. The predicted octanol–water partition coefficient (Wildman–Crippen LogP) is 3.55. The maximum absolute atomic E-state index is 10.8. The molecule has 0 bridgehead atoms. The molecule has 4 heteroatoms. The van der Waals surface area contributed by atoms with Crippen molar-refractivity contribution >= 4 is 22.8 Å². The molecule has 0 heterocycles. The van der Waals surface area contributed by atoms with Crippen LogP contribution in [0.5, 0.6) is 0 Å². The number of hydrogen-bond acceptors (Lipinski definition) is 2. The third-order valence-corrected chi connectivity index (χ3v) is 4.46. The van der Waals surface area contributed by atoms with Crippen LogP contribution in [0, 0.1) is 0 Å². The van der Waals surface area contributed by atoms with Gasteiger partial charge in [0.2, 0.25) is 0 Å². The molecule has 0 aliphatic heterocycles. The van der Waals surface area contributed by atoms with E-state index in [4.69, 9.17) is 4.55 Å². The molecular formula is C11H16O2S2. The SMILES string of the molecule is CCC(CC)Sc1ccc(S(=O)O)cc1. The van der Waals surface area contributed by atoms with E-state index >= 15 is 0 Å². The Morgan fingerprint density at radius 1 is 1.27 bits per heavy atom. The highest BCUT2D eigenvalue weighted by atomic mass is 32.2. The standard InChI is InChI=1S/C11H16O2S2/c1-3-9(4-2)14-10-5-7-11(8-6-10)15(12)13/h5-9H,3-4H2,1-2H3,(H,12,13). The lowest BCUT2D eigenvalue weighted by Gasteiger charge is -2.11. The summed E-state index contributed by atoms with van der Waals surface area (Å²) in [5.74, 6) is 0. The first-order valence-corrected chi connectivity index (χ1v) is 7.03. The van der Waals surface area contributed by atoms with E-state index in [-0.39, 0.29) is 0 Å². The Labute approximate surface area is 97.8 Å². The van der Waals surface area contributed by atoms with Crippen LogP contribution < -0.4 is 0 Å². The third-order valence-electron chi connectivity index (χ3n) is 2.24. The Morgan fingerprint density at radius 3 is 2.20 bits per heavy atom. The molecule has 1 aromatic rings. The zero-order valence-electron chi connectivity index (χ0n) is 8.97. The number of hydrogen-bond donors (Lipinski definition) is 1. The maximum atomic E-state index is 10.8. The van der Waals surface area contributed by atoms with Gasteiger partial charge in [-0.2, -0.15) is 0 Å². The normalized spacial score (nSPS) is 13.1. The minimum atomic E-state index is -1.86. The summed E-state index contributed by atoms with van der Waals surface area (Å²) in [5.41, 5.74) is 0. The van der Waals surface area contributed by atoms with Gasteiger partial charge in [0.25, 0.3) is 0 Å². The average Bonchev–Trinajstić information content (AvgIpc) is 2.26. The second kappa shape index (κ2) is 6.30. The van der Waals surface area contributed by atoms with Crippen LogP contribution in [0.3, 0.4) is 0 Å². The molecule has 84 valence electrons. The molecule has 0 saturated carbocycles. The van der Waals surface area contributed by atoms with Crippen LogP contribution >= 0.6 is 11.8 Å². The third kappa shape index (κ3) is 3.97. The van der Waals surface area contributed by atoms with Crippen molar-refractivity contribution < 1.29 is 8.76 Å². The first-order valence-electron chi connectivity index (χ1n) is 5.05. The molecule has 0 aliphatic rings. The van der Waals surface area contributed by atoms with E-state index < -0.39 is 11.1 Å². The number of benzene rings is 1. The highest BCUT2D eigenvalue weighted by Crippen LogP contribution is 2.27. The largest absolute Gasteiger partial charge is 0.302 e. The Balaban J connectivity index is 2.67. The minimum absolute atomic E-state index is 0.462. The van der Waals surface area contributed by atoms with E-state index in [1.54, 1.807) is 12.1 Å². The fourth-order valence-electron chi connectivity index (χ4n) is 1.28. The molecule has 15 heavy (non-hydrogen) atoms. The van der Waals surface area contributed by atoms with Crippen molar-refractivity contribution in [3.8, 4) is 0 Å². The van der Waals surface area contributed by atoms with Gasteiger partial charge >= 0.3 is 0 Å². The first-order chi connectivity index (χ1) is 7.17. The fourth-order valence-corrected chi connectivity index (χ4v) is 2.66. The van der Waals surface area contributed by atoms with Gasteiger partial charge in [0, 0.05) is 10.1 Å². The molecule has 0 saturated heterocycles. The minimum Gasteiger partial charge on any atom is -0.302 e. The predicted molar refractivity (Wildman–Crippen MR) is 65.7 cm³/mol. The number of rotatable bonds is 5. The lowest BCUT2D eigenvalue weighted by molar-refractivity contribution is 0.564. The summed E-state index contributed by atoms with van der Waals surface area (Å²) in [7, 11) is 0. The topological polar surface area (TPSA) is 37.3 Å². The van der Waals surface area contributed by atoms with Crippen molar-refractivity contribution in [2.75, 3.05) is 0 Å². The molecular weight excluding hydrogens is 228 g/mol. The second-order valence-electron chi connectivity index (χ2n) is 3.28. The van der Waals surface area contributed by atoms with Crippen LogP contribution in [-0.4, -0.2) is 14.0 Å². The first kappa shape index (κ1) is 12.7. The highest BCUT2D eigenvalue weighted by molar-refractivity contribution is 8.00. The summed E-state index contributed by atoms with van der Waals surface area (Å²) in [6.45, 7) is 4.36. The molecule has 0 amide bonds. The van der Waals surface area contributed by atoms with Crippen molar-refractivity contribution in [1.82, 2.24) is 0 Å². The van der Waals surface area contributed by atoms with Crippen LogP contribution in [0.25, 0.3) is 0 Å².